The van der Waals surface area contributed by atoms with Crippen molar-refractivity contribution in [3.63, 3.8) is 0 Å². The van der Waals surface area contributed by atoms with Crippen LogP contribution in [-0.4, -0.2) is 32.1 Å². The normalized spacial score (nSPS) is 22.9. The minimum Gasteiger partial charge on any atom is -0.370 e. The van der Waals surface area contributed by atoms with Crippen molar-refractivity contribution in [2.75, 3.05) is 36.4 Å². The Morgan fingerprint density at radius 3 is 2.71 bits per heavy atom. The highest BCUT2D eigenvalue weighted by atomic mass is 16.1. The molecule has 1 amide bonds. The number of benzene rings is 1. The molecule has 2 heterocycles. The lowest BCUT2D eigenvalue weighted by Crippen LogP contribution is -2.37. The molecule has 0 unspecified atom stereocenters. The Morgan fingerprint density at radius 1 is 1.14 bits per heavy atom. The topological polar surface area (TPSA) is 44.4 Å². The molecule has 4 nitrogen and oxygen atoms in total. The van der Waals surface area contributed by atoms with E-state index in [-0.39, 0.29) is 11.8 Å². The second-order valence-electron chi connectivity index (χ2n) is 6.10. The number of hydrogen-bond acceptors (Lipinski definition) is 3. The summed E-state index contributed by atoms with van der Waals surface area (Å²) in [5, 5.41) is 6.47. The molecule has 0 bridgehead atoms. The monoisotopic (exact) mass is 287 g/mol. The van der Waals surface area contributed by atoms with Crippen LogP contribution in [0.5, 0.6) is 0 Å². The van der Waals surface area contributed by atoms with Gasteiger partial charge in [0.15, 0.2) is 0 Å². The highest BCUT2D eigenvalue weighted by Gasteiger charge is 2.22. The van der Waals surface area contributed by atoms with Gasteiger partial charge in [0.1, 0.15) is 0 Å². The molecule has 0 aromatic heterocycles. The van der Waals surface area contributed by atoms with Crippen molar-refractivity contribution in [3.8, 4) is 0 Å². The van der Waals surface area contributed by atoms with Crippen molar-refractivity contribution in [1.29, 1.82) is 0 Å². The molecule has 2 fully saturated rings. The fraction of sp³-hybridized carbons (Fsp3) is 0.588. The molecular weight excluding hydrogens is 262 g/mol. The van der Waals surface area contributed by atoms with E-state index in [9.17, 15) is 4.79 Å². The molecule has 0 aliphatic carbocycles. The zero-order valence-corrected chi connectivity index (χ0v) is 12.6. The molecule has 4 heteroatoms. The number of nitrogens with zero attached hydrogens (tertiary/aromatic N) is 1. The highest BCUT2D eigenvalue weighted by molar-refractivity contribution is 5.96. The first-order valence-electron chi connectivity index (χ1n) is 8.20. The standard InChI is InChI=1S/C17H25N3O/c21-17(14-7-6-10-18-13-14)19-15-8-2-3-9-16(15)20-11-4-1-5-12-20/h2-3,8-9,14,18H,1,4-7,10-13H2,(H,19,21)/t14-/m1/s1. The second-order valence-corrected chi connectivity index (χ2v) is 6.10. The number of amides is 1. The number of carbonyl (C=O) groups is 1. The second kappa shape index (κ2) is 6.94. The van der Waals surface area contributed by atoms with Gasteiger partial charge in [-0.15, -0.1) is 0 Å². The number of rotatable bonds is 3. The average molecular weight is 287 g/mol. The lowest BCUT2D eigenvalue weighted by Gasteiger charge is -2.31. The number of anilines is 2. The minimum atomic E-state index is 0.105. The summed E-state index contributed by atoms with van der Waals surface area (Å²) >= 11 is 0. The van der Waals surface area contributed by atoms with Crippen molar-refractivity contribution in [2.45, 2.75) is 32.1 Å². The number of para-hydroxylation sites is 2. The van der Waals surface area contributed by atoms with Crippen LogP contribution in [0.25, 0.3) is 0 Å². The first kappa shape index (κ1) is 14.4. The summed E-state index contributed by atoms with van der Waals surface area (Å²) in [6.07, 6.45) is 5.89. The maximum atomic E-state index is 12.4. The number of hydrogen-bond donors (Lipinski definition) is 2. The van der Waals surface area contributed by atoms with Gasteiger partial charge in [-0.25, -0.2) is 0 Å². The third-order valence-electron chi connectivity index (χ3n) is 4.53. The molecular formula is C17H25N3O. The van der Waals surface area contributed by atoms with Crippen LogP contribution in [0.1, 0.15) is 32.1 Å². The fourth-order valence-corrected chi connectivity index (χ4v) is 3.30. The summed E-state index contributed by atoms with van der Waals surface area (Å²) in [5.41, 5.74) is 2.14. The summed E-state index contributed by atoms with van der Waals surface area (Å²) in [6.45, 7) is 4.03. The lowest BCUT2D eigenvalue weighted by molar-refractivity contribution is -0.120. The van der Waals surface area contributed by atoms with Gasteiger partial charge in [0.25, 0.3) is 0 Å². The molecule has 1 aromatic rings. The molecule has 1 aromatic carbocycles. The Hall–Kier alpha value is -1.55. The van der Waals surface area contributed by atoms with E-state index in [1.165, 1.54) is 24.9 Å². The van der Waals surface area contributed by atoms with Crippen LogP contribution in [-0.2, 0) is 4.79 Å². The molecule has 3 rings (SSSR count). The number of nitrogens with one attached hydrogen (secondary N) is 2. The van der Waals surface area contributed by atoms with Gasteiger partial charge in [0.2, 0.25) is 5.91 Å². The Bertz CT molecular complexity index is 477. The van der Waals surface area contributed by atoms with E-state index in [1.807, 2.05) is 12.1 Å². The van der Waals surface area contributed by atoms with Crippen molar-refractivity contribution >= 4 is 17.3 Å². The molecule has 2 saturated heterocycles. The predicted octanol–water partition coefficient (Wildman–Crippen LogP) is 2.62. The van der Waals surface area contributed by atoms with Crippen molar-refractivity contribution in [1.82, 2.24) is 5.32 Å². The van der Waals surface area contributed by atoms with E-state index in [4.69, 9.17) is 0 Å². The van der Waals surface area contributed by atoms with E-state index in [0.717, 1.165) is 44.7 Å². The van der Waals surface area contributed by atoms with Gasteiger partial charge < -0.3 is 15.5 Å². The molecule has 1 atom stereocenters. The molecule has 114 valence electrons. The van der Waals surface area contributed by atoms with Crippen LogP contribution >= 0.6 is 0 Å². The summed E-state index contributed by atoms with van der Waals surface area (Å²) in [4.78, 5) is 14.8. The first-order valence-corrected chi connectivity index (χ1v) is 8.20. The largest absolute Gasteiger partial charge is 0.370 e. The Balaban J connectivity index is 1.70. The van der Waals surface area contributed by atoms with E-state index in [1.54, 1.807) is 0 Å². The van der Waals surface area contributed by atoms with Crippen LogP contribution in [0.15, 0.2) is 24.3 Å². The van der Waals surface area contributed by atoms with Crippen LogP contribution in [0, 0.1) is 5.92 Å². The maximum Gasteiger partial charge on any atom is 0.228 e. The van der Waals surface area contributed by atoms with Crippen LogP contribution < -0.4 is 15.5 Å². The van der Waals surface area contributed by atoms with Crippen LogP contribution in [0.2, 0.25) is 0 Å². The van der Waals surface area contributed by atoms with Crippen LogP contribution in [0.4, 0.5) is 11.4 Å². The van der Waals surface area contributed by atoms with Gasteiger partial charge in [-0.05, 0) is 50.8 Å². The molecule has 0 spiro atoms. The van der Waals surface area contributed by atoms with Crippen molar-refractivity contribution in [2.24, 2.45) is 5.92 Å². The molecule has 0 saturated carbocycles. The molecule has 2 aliphatic rings. The van der Waals surface area contributed by atoms with Gasteiger partial charge in [-0.1, -0.05) is 12.1 Å². The van der Waals surface area contributed by atoms with E-state index < -0.39 is 0 Å². The molecule has 0 radical (unpaired) electrons. The molecule has 2 aliphatic heterocycles. The molecule has 2 N–H and O–H groups in total. The summed E-state index contributed by atoms with van der Waals surface area (Å²) in [5.74, 6) is 0.264. The van der Waals surface area contributed by atoms with Gasteiger partial charge in [-0.2, -0.15) is 0 Å². The number of piperidine rings is 2. The van der Waals surface area contributed by atoms with E-state index in [0.29, 0.717) is 0 Å². The number of carbonyl (C=O) groups excluding carboxylic acids is 1. The summed E-state index contributed by atoms with van der Waals surface area (Å²) in [6, 6.07) is 8.21. The quantitative estimate of drug-likeness (QED) is 0.898. The fourth-order valence-electron chi connectivity index (χ4n) is 3.30. The Labute approximate surface area is 126 Å². The van der Waals surface area contributed by atoms with E-state index in [2.05, 4.69) is 27.7 Å². The average Bonchev–Trinajstić information content (AvgIpc) is 2.57. The van der Waals surface area contributed by atoms with Crippen molar-refractivity contribution in [3.05, 3.63) is 24.3 Å². The van der Waals surface area contributed by atoms with Gasteiger partial charge in [0.05, 0.1) is 17.3 Å². The van der Waals surface area contributed by atoms with Gasteiger partial charge >= 0.3 is 0 Å². The third-order valence-corrected chi connectivity index (χ3v) is 4.53. The van der Waals surface area contributed by atoms with Gasteiger partial charge in [-0.3, -0.25) is 4.79 Å². The van der Waals surface area contributed by atoms with E-state index >= 15 is 0 Å². The summed E-state index contributed by atoms with van der Waals surface area (Å²) < 4.78 is 0. The summed E-state index contributed by atoms with van der Waals surface area (Å²) in [7, 11) is 0. The van der Waals surface area contributed by atoms with Gasteiger partial charge in [0, 0.05) is 19.6 Å². The molecule has 21 heavy (non-hydrogen) atoms. The smallest absolute Gasteiger partial charge is 0.228 e. The zero-order chi connectivity index (χ0) is 14.5. The Kier molecular flexibility index (Phi) is 4.76. The highest BCUT2D eigenvalue weighted by Crippen LogP contribution is 2.29. The zero-order valence-electron chi connectivity index (χ0n) is 12.6. The Morgan fingerprint density at radius 2 is 1.95 bits per heavy atom. The first-order chi connectivity index (χ1) is 10.3. The van der Waals surface area contributed by atoms with Crippen molar-refractivity contribution < 1.29 is 4.79 Å². The lowest BCUT2D eigenvalue weighted by atomic mass is 9.98. The predicted molar refractivity (Wildman–Crippen MR) is 86.7 cm³/mol. The minimum absolute atomic E-state index is 0.105. The maximum absolute atomic E-state index is 12.4. The SMILES string of the molecule is O=C(Nc1ccccc1N1CCCCC1)[C@@H]1CCCNC1. The third kappa shape index (κ3) is 3.56. The van der Waals surface area contributed by atoms with Crippen LogP contribution in [0.3, 0.4) is 0 Å².